The van der Waals surface area contributed by atoms with Crippen LogP contribution in [0.3, 0.4) is 0 Å². The molecule has 118 valence electrons. The number of aromatic nitrogens is 2. The smallest absolute Gasteiger partial charge is 0.203 e. The lowest BCUT2D eigenvalue weighted by atomic mass is 10.1. The van der Waals surface area contributed by atoms with Crippen LogP contribution in [0.4, 0.5) is 0 Å². The number of nitrogens with zero attached hydrogens (tertiary/aromatic N) is 3. The lowest BCUT2D eigenvalue weighted by Crippen LogP contribution is -2.38. The van der Waals surface area contributed by atoms with Crippen molar-refractivity contribution in [3.63, 3.8) is 0 Å². The molecule has 2 aromatic rings. The highest BCUT2D eigenvalue weighted by atomic mass is 16.6. The Kier molecular flexibility index (Phi) is 5.97. The minimum atomic E-state index is 0.394. The number of oxime groups is 1. The van der Waals surface area contributed by atoms with Crippen LogP contribution in [0.15, 0.2) is 41.8 Å². The number of nitrogens with two attached hydrogens (primary N) is 1. The van der Waals surface area contributed by atoms with Crippen molar-refractivity contribution in [3.8, 4) is 16.9 Å². The topological polar surface area (TPSA) is 65.6 Å². The molecule has 0 saturated carbocycles. The van der Waals surface area contributed by atoms with E-state index in [-0.39, 0.29) is 0 Å². The third-order valence-electron chi connectivity index (χ3n) is 3.33. The molecule has 1 heterocycles. The second-order valence-electron chi connectivity index (χ2n) is 4.93. The van der Waals surface area contributed by atoms with E-state index in [1.807, 2.05) is 31.3 Å². The van der Waals surface area contributed by atoms with E-state index >= 15 is 0 Å². The molecule has 6 heteroatoms. The molecule has 1 aromatic heterocycles. The minimum Gasteiger partial charge on any atom is -0.490 e. The summed E-state index contributed by atoms with van der Waals surface area (Å²) >= 11 is 0. The summed E-state index contributed by atoms with van der Waals surface area (Å²) < 4.78 is 9.78. The Labute approximate surface area is 130 Å². The quantitative estimate of drug-likeness (QED) is 0.329. The molecular formula is C16H23N4O2+. The average molecular weight is 303 g/mol. The summed E-state index contributed by atoms with van der Waals surface area (Å²) in [7, 11) is 2.03. The molecular weight excluding hydrogens is 280 g/mol. The molecule has 0 amide bonds. The predicted molar refractivity (Wildman–Crippen MR) is 85.7 cm³/mol. The largest absolute Gasteiger partial charge is 0.490 e. The number of hydrogen-bond acceptors (Lipinski definition) is 4. The lowest BCUT2D eigenvalue weighted by Gasteiger charge is -2.05. The highest BCUT2D eigenvalue weighted by Gasteiger charge is 2.10. The third kappa shape index (κ3) is 4.33. The van der Waals surface area contributed by atoms with Crippen LogP contribution in [-0.4, -0.2) is 31.2 Å². The molecule has 0 bridgehead atoms. The van der Waals surface area contributed by atoms with Crippen LogP contribution in [0.25, 0.3) is 11.1 Å². The fraction of sp³-hybridized carbons (Fsp3) is 0.375. The average Bonchev–Trinajstić information content (AvgIpc) is 2.91. The zero-order valence-corrected chi connectivity index (χ0v) is 12.9. The fourth-order valence-corrected chi connectivity index (χ4v) is 2.19. The first-order valence-corrected chi connectivity index (χ1v) is 7.32. The van der Waals surface area contributed by atoms with Gasteiger partial charge in [-0.05, 0) is 30.7 Å². The van der Waals surface area contributed by atoms with Gasteiger partial charge in [0, 0.05) is 6.72 Å². The van der Waals surface area contributed by atoms with Crippen LogP contribution in [0.2, 0.25) is 0 Å². The van der Waals surface area contributed by atoms with Gasteiger partial charge in [-0.25, -0.2) is 0 Å². The Bertz CT molecular complexity index is 593. The maximum Gasteiger partial charge on any atom is 0.203 e. The molecule has 1 aromatic carbocycles. The standard InChI is InChI=1S/C16H23N4O2/c1-18-22-11-10-21-16-6-4-14(5-7-16)15-12-19(2)20(13-15)9-3-8-17/h4-7,12-13H,1,3,8-11,17H2,2H3/q+1. The van der Waals surface area contributed by atoms with Crippen molar-refractivity contribution >= 4 is 6.72 Å². The molecule has 0 radical (unpaired) electrons. The molecule has 0 aliphatic carbocycles. The molecule has 0 unspecified atom stereocenters. The van der Waals surface area contributed by atoms with E-state index in [4.69, 9.17) is 15.3 Å². The summed E-state index contributed by atoms with van der Waals surface area (Å²) in [6.07, 6.45) is 5.21. The maximum absolute atomic E-state index is 5.57. The van der Waals surface area contributed by atoms with Crippen LogP contribution in [0.1, 0.15) is 6.42 Å². The minimum absolute atomic E-state index is 0.394. The first-order valence-electron chi connectivity index (χ1n) is 7.32. The number of ether oxygens (including phenoxy) is 1. The summed E-state index contributed by atoms with van der Waals surface area (Å²) in [5.41, 5.74) is 7.89. The van der Waals surface area contributed by atoms with Gasteiger partial charge in [0.2, 0.25) is 6.20 Å². The van der Waals surface area contributed by atoms with Crippen molar-refractivity contribution in [1.82, 2.24) is 4.68 Å². The Morgan fingerprint density at radius 1 is 1.23 bits per heavy atom. The van der Waals surface area contributed by atoms with Crippen LogP contribution >= 0.6 is 0 Å². The van der Waals surface area contributed by atoms with E-state index in [2.05, 4.69) is 33.6 Å². The van der Waals surface area contributed by atoms with E-state index in [9.17, 15) is 0 Å². The van der Waals surface area contributed by atoms with E-state index in [0.717, 1.165) is 24.3 Å². The van der Waals surface area contributed by atoms with E-state index in [1.54, 1.807) is 0 Å². The molecule has 2 rings (SSSR count). The van der Waals surface area contributed by atoms with Gasteiger partial charge in [-0.3, -0.25) is 0 Å². The summed E-state index contributed by atoms with van der Waals surface area (Å²) in [6, 6.07) is 8.00. The van der Waals surface area contributed by atoms with Gasteiger partial charge in [-0.2, -0.15) is 4.68 Å². The summed E-state index contributed by atoms with van der Waals surface area (Å²) in [5.74, 6) is 0.809. The van der Waals surface area contributed by atoms with E-state index in [0.29, 0.717) is 19.8 Å². The van der Waals surface area contributed by atoms with Gasteiger partial charge in [0.1, 0.15) is 12.4 Å². The van der Waals surface area contributed by atoms with Gasteiger partial charge in [0.15, 0.2) is 13.7 Å². The molecule has 2 N–H and O–H groups in total. The van der Waals surface area contributed by atoms with Crippen LogP contribution in [0, 0.1) is 0 Å². The highest BCUT2D eigenvalue weighted by Crippen LogP contribution is 2.21. The zero-order valence-electron chi connectivity index (χ0n) is 12.9. The third-order valence-corrected chi connectivity index (χ3v) is 3.33. The summed E-state index contributed by atoms with van der Waals surface area (Å²) in [5, 5.41) is 3.31. The fourth-order valence-electron chi connectivity index (χ4n) is 2.19. The molecule has 0 fully saturated rings. The summed E-state index contributed by atoms with van der Waals surface area (Å²) in [6.45, 7) is 5.70. The molecule has 22 heavy (non-hydrogen) atoms. The van der Waals surface area contributed by atoms with Crippen molar-refractivity contribution in [2.75, 3.05) is 19.8 Å². The van der Waals surface area contributed by atoms with Gasteiger partial charge < -0.3 is 15.3 Å². The predicted octanol–water partition coefficient (Wildman–Crippen LogP) is 1.34. The van der Waals surface area contributed by atoms with Gasteiger partial charge >= 0.3 is 0 Å². The second kappa shape index (κ2) is 8.19. The van der Waals surface area contributed by atoms with Gasteiger partial charge in [-0.15, -0.1) is 9.84 Å². The monoisotopic (exact) mass is 303 g/mol. The molecule has 0 atom stereocenters. The summed E-state index contributed by atoms with van der Waals surface area (Å²) in [4.78, 5) is 4.77. The normalized spacial score (nSPS) is 10.5. The maximum atomic E-state index is 5.57. The van der Waals surface area contributed by atoms with E-state index < -0.39 is 0 Å². The van der Waals surface area contributed by atoms with Gasteiger partial charge in [0.05, 0.1) is 18.3 Å². The van der Waals surface area contributed by atoms with Crippen molar-refractivity contribution < 1.29 is 14.3 Å². The van der Waals surface area contributed by atoms with Crippen molar-refractivity contribution in [3.05, 3.63) is 36.7 Å². The lowest BCUT2D eigenvalue weighted by molar-refractivity contribution is -0.753. The van der Waals surface area contributed by atoms with Crippen LogP contribution < -0.4 is 15.2 Å². The van der Waals surface area contributed by atoms with Gasteiger partial charge in [-0.1, -0.05) is 12.1 Å². The van der Waals surface area contributed by atoms with Gasteiger partial charge in [0.25, 0.3) is 0 Å². The molecule has 0 aliphatic rings. The number of aryl methyl sites for hydroxylation is 2. The number of hydrogen-bond donors (Lipinski definition) is 1. The zero-order chi connectivity index (χ0) is 15.8. The van der Waals surface area contributed by atoms with Crippen LogP contribution in [0.5, 0.6) is 5.75 Å². The Morgan fingerprint density at radius 3 is 2.68 bits per heavy atom. The van der Waals surface area contributed by atoms with Crippen LogP contribution in [-0.2, 0) is 18.4 Å². The highest BCUT2D eigenvalue weighted by molar-refractivity contribution is 5.61. The molecule has 0 spiro atoms. The Balaban J connectivity index is 1.99. The Morgan fingerprint density at radius 2 is 2.00 bits per heavy atom. The molecule has 0 saturated heterocycles. The number of rotatable bonds is 9. The van der Waals surface area contributed by atoms with Crippen molar-refractivity contribution in [1.29, 1.82) is 0 Å². The van der Waals surface area contributed by atoms with E-state index in [1.165, 1.54) is 5.56 Å². The molecule has 0 aliphatic heterocycles. The van der Waals surface area contributed by atoms with Crippen molar-refractivity contribution in [2.45, 2.75) is 13.0 Å². The SMILES string of the molecule is C=NOCCOc1ccc(-c2cn(CCCN)[n+](C)c2)cc1. The Hall–Kier alpha value is -2.34. The first-order chi connectivity index (χ1) is 10.7. The van der Waals surface area contributed by atoms with Crippen molar-refractivity contribution in [2.24, 2.45) is 17.9 Å². The first kappa shape index (κ1) is 16.0. The number of benzene rings is 1. The second-order valence-corrected chi connectivity index (χ2v) is 4.93. The molecule has 6 nitrogen and oxygen atoms in total.